The highest BCUT2D eigenvalue weighted by atomic mass is 35.6. The SMILES string of the molecule is O=S(=O)(NC(OCCCl)C(Cl)(Cl)Cl)c1ccccc1. The highest BCUT2D eigenvalue weighted by Gasteiger charge is 2.37. The molecule has 19 heavy (non-hydrogen) atoms. The highest BCUT2D eigenvalue weighted by Crippen LogP contribution is 2.31. The summed E-state index contributed by atoms with van der Waals surface area (Å²) in [7, 11) is -3.84. The summed E-state index contributed by atoms with van der Waals surface area (Å²) in [6.45, 7) is 0.0391. The standard InChI is InChI=1S/C10H11Cl4NO3S/c11-6-7-18-9(10(12,13)14)15-19(16,17)8-4-2-1-3-5-8/h1-5,9,15H,6-7H2. The maximum Gasteiger partial charge on any atom is 0.242 e. The highest BCUT2D eigenvalue weighted by molar-refractivity contribution is 7.89. The van der Waals surface area contributed by atoms with Gasteiger partial charge in [-0.1, -0.05) is 53.0 Å². The molecule has 9 heteroatoms. The number of benzene rings is 1. The van der Waals surface area contributed by atoms with Crippen molar-refractivity contribution in [3.05, 3.63) is 30.3 Å². The summed E-state index contributed by atoms with van der Waals surface area (Å²) >= 11 is 22.4. The van der Waals surface area contributed by atoms with Gasteiger partial charge in [-0.3, -0.25) is 0 Å². The first-order valence-electron chi connectivity index (χ1n) is 5.09. The molecule has 1 rings (SSSR count). The molecule has 1 N–H and O–H groups in total. The molecule has 0 spiro atoms. The molecule has 0 fully saturated rings. The van der Waals surface area contributed by atoms with E-state index in [0.717, 1.165) is 0 Å². The summed E-state index contributed by atoms with van der Waals surface area (Å²) in [5, 5.41) is 0. The molecule has 0 heterocycles. The van der Waals surface area contributed by atoms with Crippen LogP contribution in [0.3, 0.4) is 0 Å². The summed E-state index contributed by atoms with van der Waals surface area (Å²) in [4.78, 5) is 0.0451. The van der Waals surface area contributed by atoms with Crippen LogP contribution in [-0.4, -0.2) is 30.9 Å². The Hall–Kier alpha value is 0.250. The van der Waals surface area contributed by atoms with Crippen molar-refractivity contribution in [1.82, 2.24) is 4.72 Å². The van der Waals surface area contributed by atoms with Gasteiger partial charge >= 0.3 is 0 Å². The van der Waals surface area contributed by atoms with Crippen LogP contribution in [0.4, 0.5) is 0 Å². The average Bonchev–Trinajstić information content (AvgIpc) is 2.34. The van der Waals surface area contributed by atoms with Crippen molar-refractivity contribution in [1.29, 1.82) is 0 Å². The Labute approximate surface area is 132 Å². The summed E-state index contributed by atoms with van der Waals surface area (Å²) in [6, 6.07) is 7.69. The Morgan fingerprint density at radius 2 is 1.79 bits per heavy atom. The molecule has 1 atom stereocenters. The van der Waals surface area contributed by atoms with Crippen molar-refractivity contribution in [3.8, 4) is 0 Å². The average molecular weight is 367 g/mol. The zero-order valence-electron chi connectivity index (χ0n) is 9.52. The summed E-state index contributed by atoms with van der Waals surface area (Å²) < 4.78 is 29.4. The number of hydrogen-bond donors (Lipinski definition) is 1. The molecular weight excluding hydrogens is 356 g/mol. The van der Waals surface area contributed by atoms with E-state index < -0.39 is 20.0 Å². The van der Waals surface area contributed by atoms with Gasteiger partial charge in [0.2, 0.25) is 13.8 Å². The molecule has 0 amide bonds. The lowest BCUT2D eigenvalue weighted by molar-refractivity contribution is 0.0593. The van der Waals surface area contributed by atoms with Gasteiger partial charge in [-0.2, -0.15) is 4.72 Å². The van der Waals surface area contributed by atoms with E-state index in [1.54, 1.807) is 18.2 Å². The summed E-state index contributed by atoms with van der Waals surface area (Å²) in [6.07, 6.45) is -1.33. The second-order valence-electron chi connectivity index (χ2n) is 3.42. The van der Waals surface area contributed by atoms with Gasteiger partial charge in [0.05, 0.1) is 11.5 Å². The minimum Gasteiger partial charge on any atom is -0.357 e. The first kappa shape index (κ1) is 17.3. The van der Waals surface area contributed by atoms with Gasteiger partial charge in [0.25, 0.3) is 0 Å². The number of sulfonamides is 1. The summed E-state index contributed by atoms with van der Waals surface area (Å²) in [5.41, 5.74) is 0. The van der Waals surface area contributed by atoms with E-state index >= 15 is 0 Å². The Morgan fingerprint density at radius 3 is 2.26 bits per heavy atom. The van der Waals surface area contributed by atoms with Gasteiger partial charge in [-0.05, 0) is 12.1 Å². The van der Waals surface area contributed by atoms with Crippen LogP contribution in [0, 0.1) is 0 Å². The fraction of sp³-hybridized carbons (Fsp3) is 0.400. The van der Waals surface area contributed by atoms with Crippen LogP contribution < -0.4 is 4.72 Å². The van der Waals surface area contributed by atoms with Crippen LogP contribution in [0.25, 0.3) is 0 Å². The molecular formula is C10H11Cl4NO3S. The number of halogens is 4. The minimum absolute atomic E-state index is 0.0391. The van der Waals surface area contributed by atoms with Crippen molar-refractivity contribution in [2.75, 3.05) is 12.5 Å². The molecule has 1 unspecified atom stereocenters. The molecule has 0 saturated heterocycles. The van der Waals surface area contributed by atoms with E-state index in [1.807, 2.05) is 0 Å². The zero-order valence-corrected chi connectivity index (χ0v) is 13.4. The third kappa shape index (κ3) is 5.63. The van der Waals surface area contributed by atoms with Crippen molar-refractivity contribution in [2.45, 2.75) is 14.9 Å². The molecule has 0 aliphatic rings. The Bertz CT molecular complexity index is 489. The monoisotopic (exact) mass is 365 g/mol. The maximum absolute atomic E-state index is 12.1. The largest absolute Gasteiger partial charge is 0.357 e. The molecule has 0 aliphatic carbocycles. The Kier molecular flexibility index (Phi) is 6.66. The smallest absolute Gasteiger partial charge is 0.242 e. The van der Waals surface area contributed by atoms with Gasteiger partial charge in [-0.15, -0.1) is 11.6 Å². The van der Waals surface area contributed by atoms with Crippen LogP contribution in [-0.2, 0) is 14.8 Å². The van der Waals surface area contributed by atoms with Crippen LogP contribution in [0.5, 0.6) is 0 Å². The first-order chi connectivity index (χ1) is 8.77. The van der Waals surface area contributed by atoms with Crippen molar-refractivity contribution in [3.63, 3.8) is 0 Å². The molecule has 0 radical (unpaired) electrons. The molecule has 4 nitrogen and oxygen atoms in total. The minimum atomic E-state index is -3.84. The van der Waals surface area contributed by atoms with Crippen molar-refractivity contribution < 1.29 is 13.2 Å². The second kappa shape index (κ2) is 7.31. The quantitative estimate of drug-likeness (QED) is 0.622. The number of rotatable bonds is 6. The van der Waals surface area contributed by atoms with E-state index in [1.165, 1.54) is 12.1 Å². The summed E-state index contributed by atoms with van der Waals surface area (Å²) in [5.74, 6) is 0.143. The molecule has 108 valence electrons. The molecule has 0 bridgehead atoms. The number of hydrogen-bond acceptors (Lipinski definition) is 3. The number of ether oxygens (including phenoxy) is 1. The zero-order chi connectivity index (χ0) is 14.5. The lowest BCUT2D eigenvalue weighted by Gasteiger charge is -2.25. The molecule has 1 aromatic carbocycles. The lowest BCUT2D eigenvalue weighted by Crippen LogP contribution is -2.45. The Morgan fingerprint density at radius 1 is 1.21 bits per heavy atom. The molecule has 0 aromatic heterocycles. The van der Waals surface area contributed by atoms with Gasteiger partial charge in [-0.25, -0.2) is 8.42 Å². The lowest BCUT2D eigenvalue weighted by atomic mass is 10.4. The van der Waals surface area contributed by atoms with Gasteiger partial charge < -0.3 is 4.74 Å². The predicted octanol–water partition coefficient (Wildman–Crippen LogP) is 2.92. The fourth-order valence-electron chi connectivity index (χ4n) is 1.17. The van der Waals surface area contributed by atoms with E-state index in [-0.39, 0.29) is 17.4 Å². The van der Waals surface area contributed by atoms with Gasteiger partial charge in [0.15, 0.2) is 6.23 Å². The molecule has 0 aliphatic heterocycles. The second-order valence-corrected chi connectivity index (χ2v) is 7.88. The third-order valence-corrected chi connectivity index (χ3v) is 4.14. The molecule has 1 aromatic rings. The van der Waals surface area contributed by atoms with E-state index in [4.69, 9.17) is 51.1 Å². The first-order valence-corrected chi connectivity index (χ1v) is 8.24. The normalized spacial score (nSPS) is 14.3. The number of nitrogens with one attached hydrogen (secondary N) is 1. The van der Waals surface area contributed by atoms with E-state index in [0.29, 0.717) is 0 Å². The predicted molar refractivity (Wildman–Crippen MR) is 77.5 cm³/mol. The topological polar surface area (TPSA) is 55.4 Å². The number of alkyl halides is 4. The van der Waals surface area contributed by atoms with Crippen LogP contribution in [0.1, 0.15) is 0 Å². The van der Waals surface area contributed by atoms with Crippen LogP contribution in [0.15, 0.2) is 35.2 Å². The van der Waals surface area contributed by atoms with Gasteiger partial charge in [0.1, 0.15) is 0 Å². The Balaban J connectivity index is 2.90. The van der Waals surface area contributed by atoms with Gasteiger partial charge in [0, 0.05) is 5.88 Å². The molecule has 0 saturated carbocycles. The van der Waals surface area contributed by atoms with Crippen LogP contribution in [0.2, 0.25) is 0 Å². The van der Waals surface area contributed by atoms with Crippen molar-refractivity contribution >= 4 is 56.4 Å². The van der Waals surface area contributed by atoms with Crippen molar-refractivity contribution in [2.24, 2.45) is 0 Å². The maximum atomic E-state index is 12.1. The van der Waals surface area contributed by atoms with E-state index in [9.17, 15) is 8.42 Å². The van der Waals surface area contributed by atoms with Crippen LogP contribution >= 0.6 is 46.4 Å². The van der Waals surface area contributed by atoms with E-state index in [2.05, 4.69) is 4.72 Å². The third-order valence-electron chi connectivity index (χ3n) is 1.97. The fourth-order valence-corrected chi connectivity index (χ4v) is 2.98.